The largest absolute Gasteiger partial charge is 0.366 e. The Morgan fingerprint density at radius 2 is 2.00 bits per heavy atom. The molecule has 1 aliphatic carbocycles. The van der Waals surface area contributed by atoms with E-state index in [2.05, 4.69) is 5.32 Å². The summed E-state index contributed by atoms with van der Waals surface area (Å²) in [5.74, 6) is -0.675. The third-order valence-corrected chi connectivity index (χ3v) is 4.38. The summed E-state index contributed by atoms with van der Waals surface area (Å²) in [5.41, 5.74) is 11.4. The van der Waals surface area contributed by atoms with Gasteiger partial charge in [-0.15, -0.1) is 11.3 Å². The molecule has 1 saturated carbocycles. The lowest BCUT2D eigenvalue weighted by molar-refractivity contribution is -0.117. The van der Waals surface area contributed by atoms with Gasteiger partial charge in [0.25, 0.3) is 5.91 Å². The van der Waals surface area contributed by atoms with Crippen LogP contribution in [-0.4, -0.2) is 17.4 Å². The summed E-state index contributed by atoms with van der Waals surface area (Å²) < 4.78 is 0. The maximum atomic E-state index is 12.0. The van der Waals surface area contributed by atoms with E-state index in [1.54, 1.807) is 11.4 Å². The van der Waals surface area contributed by atoms with Gasteiger partial charge in [-0.2, -0.15) is 0 Å². The molecule has 0 spiro atoms. The molecule has 1 fully saturated rings. The molecule has 19 heavy (non-hydrogen) atoms. The molecule has 1 aromatic heterocycles. The van der Waals surface area contributed by atoms with Crippen LogP contribution < -0.4 is 16.8 Å². The smallest absolute Gasteiger partial charge is 0.251 e. The molecule has 1 heterocycles. The number of primary amides is 1. The summed E-state index contributed by atoms with van der Waals surface area (Å²) in [5, 5.41) is 4.98. The molecule has 5 N–H and O–H groups in total. The van der Waals surface area contributed by atoms with Crippen LogP contribution in [0.3, 0.4) is 0 Å². The zero-order valence-corrected chi connectivity index (χ0v) is 11.6. The van der Waals surface area contributed by atoms with Crippen molar-refractivity contribution in [3.63, 3.8) is 0 Å². The number of nitrogens with two attached hydrogens (primary N) is 2. The van der Waals surface area contributed by atoms with Crippen molar-refractivity contribution in [2.75, 3.05) is 5.32 Å². The fourth-order valence-corrected chi connectivity index (χ4v) is 3.33. The zero-order chi connectivity index (χ0) is 13.9. The molecule has 0 aliphatic heterocycles. The Labute approximate surface area is 116 Å². The van der Waals surface area contributed by atoms with E-state index in [-0.39, 0.29) is 5.91 Å². The first kappa shape index (κ1) is 14.0. The molecule has 0 aromatic carbocycles. The van der Waals surface area contributed by atoms with Crippen LogP contribution in [0.15, 0.2) is 11.4 Å². The van der Waals surface area contributed by atoms with E-state index < -0.39 is 11.4 Å². The highest BCUT2D eigenvalue weighted by Crippen LogP contribution is 2.30. The summed E-state index contributed by atoms with van der Waals surface area (Å²) in [6.07, 6.45) is 5.41. The first-order valence-electron chi connectivity index (χ1n) is 6.46. The third kappa shape index (κ3) is 3.54. The number of amides is 2. The second kappa shape index (κ2) is 5.71. The van der Waals surface area contributed by atoms with Gasteiger partial charge >= 0.3 is 0 Å². The molecule has 0 radical (unpaired) electrons. The minimum Gasteiger partial charge on any atom is -0.366 e. The standard InChI is InChI=1S/C13H19N3O2S/c14-11(18)9-4-7-19-12(9)16-10(17)8-13(15)5-2-1-3-6-13/h4,7H,1-3,5-6,8,15H2,(H2,14,18)(H,16,17). The molecule has 104 valence electrons. The van der Waals surface area contributed by atoms with E-state index in [1.165, 1.54) is 17.8 Å². The first-order valence-corrected chi connectivity index (χ1v) is 7.34. The number of anilines is 1. The minimum atomic E-state index is -0.531. The van der Waals surface area contributed by atoms with Crippen LogP contribution in [0.2, 0.25) is 0 Å². The molecule has 6 heteroatoms. The van der Waals surface area contributed by atoms with Crippen molar-refractivity contribution in [2.24, 2.45) is 11.5 Å². The average molecular weight is 281 g/mol. The molecule has 0 atom stereocenters. The lowest BCUT2D eigenvalue weighted by atomic mass is 9.80. The van der Waals surface area contributed by atoms with Crippen LogP contribution in [0.1, 0.15) is 48.9 Å². The molecular weight excluding hydrogens is 262 g/mol. The predicted molar refractivity (Wildman–Crippen MR) is 76.1 cm³/mol. The van der Waals surface area contributed by atoms with Gasteiger partial charge in [-0.1, -0.05) is 19.3 Å². The molecule has 2 rings (SSSR count). The van der Waals surface area contributed by atoms with Gasteiger partial charge in [-0.3, -0.25) is 9.59 Å². The molecule has 0 saturated heterocycles. The van der Waals surface area contributed by atoms with Crippen LogP contribution in [-0.2, 0) is 4.79 Å². The SMILES string of the molecule is NC(=O)c1ccsc1NC(=O)CC1(N)CCCCC1. The lowest BCUT2D eigenvalue weighted by Crippen LogP contribution is -2.44. The Morgan fingerprint density at radius 1 is 1.32 bits per heavy atom. The molecule has 0 unspecified atom stereocenters. The molecule has 1 aliphatic rings. The normalized spacial score (nSPS) is 17.9. The van der Waals surface area contributed by atoms with Crippen molar-refractivity contribution in [3.8, 4) is 0 Å². The fraction of sp³-hybridized carbons (Fsp3) is 0.538. The van der Waals surface area contributed by atoms with Gasteiger partial charge < -0.3 is 16.8 Å². The average Bonchev–Trinajstić information content (AvgIpc) is 2.77. The van der Waals surface area contributed by atoms with Crippen LogP contribution in [0, 0.1) is 0 Å². The zero-order valence-electron chi connectivity index (χ0n) is 10.8. The topological polar surface area (TPSA) is 98.2 Å². The minimum absolute atomic E-state index is 0.144. The Balaban J connectivity index is 1.97. The van der Waals surface area contributed by atoms with Gasteiger partial charge in [0.2, 0.25) is 5.91 Å². The highest BCUT2D eigenvalue weighted by Gasteiger charge is 2.30. The summed E-state index contributed by atoms with van der Waals surface area (Å²) >= 11 is 1.29. The highest BCUT2D eigenvalue weighted by atomic mass is 32.1. The van der Waals surface area contributed by atoms with Crippen LogP contribution in [0.25, 0.3) is 0 Å². The lowest BCUT2D eigenvalue weighted by Gasteiger charge is -2.32. The van der Waals surface area contributed by atoms with E-state index in [9.17, 15) is 9.59 Å². The van der Waals surface area contributed by atoms with Crippen molar-refractivity contribution in [1.82, 2.24) is 0 Å². The summed E-state index contributed by atoms with van der Waals surface area (Å²) in [7, 11) is 0. The number of hydrogen-bond acceptors (Lipinski definition) is 4. The highest BCUT2D eigenvalue weighted by molar-refractivity contribution is 7.14. The number of carbonyl (C=O) groups is 2. The molecule has 2 amide bonds. The van der Waals surface area contributed by atoms with E-state index >= 15 is 0 Å². The number of hydrogen-bond donors (Lipinski definition) is 3. The van der Waals surface area contributed by atoms with Crippen molar-refractivity contribution in [2.45, 2.75) is 44.1 Å². The molecular formula is C13H19N3O2S. The Hall–Kier alpha value is -1.40. The van der Waals surface area contributed by atoms with Gasteiger partial charge in [0, 0.05) is 12.0 Å². The predicted octanol–water partition coefficient (Wildman–Crippen LogP) is 1.84. The summed E-state index contributed by atoms with van der Waals surface area (Å²) in [6, 6.07) is 1.61. The Bertz CT molecular complexity index is 478. The maximum absolute atomic E-state index is 12.0. The van der Waals surface area contributed by atoms with Crippen molar-refractivity contribution in [1.29, 1.82) is 0 Å². The van der Waals surface area contributed by atoms with Gasteiger partial charge in [-0.25, -0.2) is 0 Å². The van der Waals surface area contributed by atoms with Crippen LogP contribution in [0.5, 0.6) is 0 Å². The van der Waals surface area contributed by atoms with Crippen LogP contribution in [0.4, 0.5) is 5.00 Å². The van der Waals surface area contributed by atoms with Crippen LogP contribution >= 0.6 is 11.3 Å². The molecule has 5 nitrogen and oxygen atoms in total. The van der Waals surface area contributed by atoms with Gasteiger partial charge in [0.05, 0.1) is 5.56 Å². The number of carbonyl (C=O) groups excluding carboxylic acids is 2. The molecule has 1 aromatic rings. The van der Waals surface area contributed by atoms with E-state index in [0.29, 0.717) is 17.0 Å². The second-order valence-electron chi connectivity index (χ2n) is 5.18. The van der Waals surface area contributed by atoms with Crippen molar-refractivity contribution >= 4 is 28.2 Å². The van der Waals surface area contributed by atoms with Crippen molar-refractivity contribution < 1.29 is 9.59 Å². The fourth-order valence-electron chi connectivity index (χ4n) is 2.52. The van der Waals surface area contributed by atoms with Gasteiger partial charge in [0.1, 0.15) is 5.00 Å². The Morgan fingerprint density at radius 3 is 2.63 bits per heavy atom. The quantitative estimate of drug-likeness (QED) is 0.785. The van der Waals surface area contributed by atoms with Crippen molar-refractivity contribution in [3.05, 3.63) is 17.0 Å². The second-order valence-corrected chi connectivity index (χ2v) is 6.09. The van der Waals surface area contributed by atoms with Gasteiger partial charge in [0.15, 0.2) is 0 Å². The van der Waals surface area contributed by atoms with E-state index in [1.807, 2.05) is 0 Å². The van der Waals surface area contributed by atoms with Gasteiger partial charge in [-0.05, 0) is 24.3 Å². The summed E-state index contributed by atoms with van der Waals surface area (Å²) in [6.45, 7) is 0. The maximum Gasteiger partial charge on any atom is 0.251 e. The monoisotopic (exact) mass is 281 g/mol. The van der Waals surface area contributed by atoms with E-state index in [0.717, 1.165) is 25.7 Å². The number of rotatable bonds is 4. The first-order chi connectivity index (χ1) is 9.00. The Kier molecular flexibility index (Phi) is 4.21. The van der Waals surface area contributed by atoms with E-state index in [4.69, 9.17) is 11.5 Å². The number of nitrogens with one attached hydrogen (secondary N) is 1. The third-order valence-electron chi connectivity index (χ3n) is 3.55. The summed E-state index contributed by atoms with van der Waals surface area (Å²) in [4.78, 5) is 23.2. The number of thiophene rings is 1. The molecule has 0 bridgehead atoms.